The van der Waals surface area contributed by atoms with Crippen molar-refractivity contribution < 1.29 is 4.74 Å². The molecule has 0 saturated heterocycles. The Hall–Kier alpha value is -1.36. The van der Waals surface area contributed by atoms with Crippen molar-refractivity contribution in [3.05, 3.63) is 12.4 Å². The van der Waals surface area contributed by atoms with Crippen LogP contribution in [0.2, 0.25) is 0 Å². The zero-order valence-electron chi connectivity index (χ0n) is 10.5. The zero-order chi connectivity index (χ0) is 12.0. The SMILES string of the molecule is CCOc1cc(N(C)CCN(C)C)ncn1. The molecule has 0 amide bonds. The first kappa shape index (κ1) is 12.7. The van der Waals surface area contributed by atoms with E-state index in [1.54, 1.807) is 0 Å². The smallest absolute Gasteiger partial charge is 0.218 e. The summed E-state index contributed by atoms with van der Waals surface area (Å²) in [6.45, 7) is 4.48. The number of hydrogen-bond acceptors (Lipinski definition) is 5. The van der Waals surface area contributed by atoms with Crippen LogP contribution < -0.4 is 9.64 Å². The standard InChI is InChI=1S/C11H20N4O/c1-5-16-11-8-10(12-9-13-11)15(4)7-6-14(2)3/h8-9H,5-7H2,1-4H3. The van der Waals surface area contributed by atoms with Crippen molar-refractivity contribution in [3.63, 3.8) is 0 Å². The number of anilines is 1. The Balaban J connectivity index is 2.60. The third-order valence-corrected chi connectivity index (χ3v) is 2.19. The minimum Gasteiger partial charge on any atom is -0.478 e. The fourth-order valence-corrected chi connectivity index (χ4v) is 1.23. The maximum absolute atomic E-state index is 5.33. The van der Waals surface area contributed by atoms with Crippen LogP contribution in [-0.2, 0) is 0 Å². The lowest BCUT2D eigenvalue weighted by Crippen LogP contribution is -2.29. The number of hydrogen-bond donors (Lipinski definition) is 0. The van der Waals surface area contributed by atoms with E-state index in [1.807, 2.05) is 20.0 Å². The molecule has 90 valence electrons. The Kier molecular flexibility index (Phi) is 4.98. The van der Waals surface area contributed by atoms with Crippen LogP contribution in [0.25, 0.3) is 0 Å². The molecule has 0 fully saturated rings. The molecule has 0 N–H and O–H groups in total. The first-order valence-corrected chi connectivity index (χ1v) is 5.44. The van der Waals surface area contributed by atoms with Gasteiger partial charge in [0.05, 0.1) is 6.61 Å². The van der Waals surface area contributed by atoms with Crippen LogP contribution in [0.3, 0.4) is 0 Å². The molecule has 1 heterocycles. The third kappa shape index (κ3) is 4.02. The van der Waals surface area contributed by atoms with E-state index in [1.165, 1.54) is 6.33 Å². The molecule has 1 aromatic heterocycles. The van der Waals surface area contributed by atoms with E-state index < -0.39 is 0 Å². The van der Waals surface area contributed by atoms with Crippen molar-refractivity contribution in [1.82, 2.24) is 14.9 Å². The molecule has 0 atom stereocenters. The summed E-state index contributed by atoms with van der Waals surface area (Å²) < 4.78 is 5.33. The van der Waals surface area contributed by atoms with E-state index in [4.69, 9.17) is 4.74 Å². The molecule has 0 aromatic carbocycles. The van der Waals surface area contributed by atoms with E-state index in [2.05, 4.69) is 33.9 Å². The van der Waals surface area contributed by atoms with Crippen molar-refractivity contribution in [3.8, 4) is 5.88 Å². The van der Waals surface area contributed by atoms with Crippen molar-refractivity contribution in [2.24, 2.45) is 0 Å². The number of rotatable bonds is 6. The van der Waals surface area contributed by atoms with Gasteiger partial charge in [-0.2, -0.15) is 0 Å². The van der Waals surface area contributed by atoms with E-state index in [0.717, 1.165) is 18.9 Å². The van der Waals surface area contributed by atoms with E-state index in [0.29, 0.717) is 12.5 Å². The van der Waals surface area contributed by atoms with Gasteiger partial charge in [-0.15, -0.1) is 0 Å². The monoisotopic (exact) mass is 224 g/mol. The number of aromatic nitrogens is 2. The van der Waals surface area contributed by atoms with Crippen LogP contribution in [0.1, 0.15) is 6.92 Å². The highest BCUT2D eigenvalue weighted by Crippen LogP contribution is 2.13. The molecule has 0 spiro atoms. The molecule has 1 aromatic rings. The highest BCUT2D eigenvalue weighted by Gasteiger charge is 2.04. The van der Waals surface area contributed by atoms with Gasteiger partial charge in [-0.3, -0.25) is 0 Å². The molecule has 16 heavy (non-hydrogen) atoms. The molecule has 5 nitrogen and oxygen atoms in total. The Bertz CT molecular complexity index is 317. The summed E-state index contributed by atoms with van der Waals surface area (Å²) in [6, 6.07) is 1.86. The molecule has 0 aliphatic carbocycles. The Labute approximate surface area is 97.1 Å². The van der Waals surface area contributed by atoms with Crippen molar-refractivity contribution in [1.29, 1.82) is 0 Å². The molecule has 0 aliphatic heterocycles. The van der Waals surface area contributed by atoms with Gasteiger partial charge in [-0.05, 0) is 21.0 Å². The van der Waals surface area contributed by atoms with Crippen molar-refractivity contribution in [2.45, 2.75) is 6.92 Å². The molecular weight excluding hydrogens is 204 g/mol. The number of likely N-dealkylation sites (N-methyl/N-ethyl adjacent to an activating group) is 2. The maximum atomic E-state index is 5.33. The Morgan fingerprint density at radius 1 is 1.19 bits per heavy atom. The lowest BCUT2D eigenvalue weighted by molar-refractivity contribution is 0.326. The summed E-state index contributed by atoms with van der Waals surface area (Å²) in [5, 5.41) is 0. The zero-order valence-corrected chi connectivity index (χ0v) is 10.5. The second-order valence-electron chi connectivity index (χ2n) is 3.87. The summed E-state index contributed by atoms with van der Waals surface area (Å²) in [5.41, 5.74) is 0. The van der Waals surface area contributed by atoms with Gasteiger partial charge in [-0.1, -0.05) is 0 Å². The van der Waals surface area contributed by atoms with Crippen molar-refractivity contribution in [2.75, 3.05) is 45.7 Å². The Morgan fingerprint density at radius 2 is 1.94 bits per heavy atom. The molecular formula is C11H20N4O. The van der Waals surface area contributed by atoms with Crippen LogP contribution in [-0.4, -0.2) is 55.7 Å². The summed E-state index contributed by atoms with van der Waals surface area (Å²) in [4.78, 5) is 12.5. The van der Waals surface area contributed by atoms with E-state index in [-0.39, 0.29) is 0 Å². The van der Waals surface area contributed by atoms with Gasteiger partial charge >= 0.3 is 0 Å². The van der Waals surface area contributed by atoms with Gasteiger partial charge < -0.3 is 14.5 Å². The molecule has 0 aliphatic rings. The second-order valence-corrected chi connectivity index (χ2v) is 3.87. The van der Waals surface area contributed by atoms with Gasteiger partial charge in [0.25, 0.3) is 0 Å². The van der Waals surface area contributed by atoms with E-state index in [9.17, 15) is 0 Å². The quantitative estimate of drug-likeness (QED) is 0.717. The topological polar surface area (TPSA) is 41.5 Å². The summed E-state index contributed by atoms with van der Waals surface area (Å²) in [6.07, 6.45) is 1.53. The number of ether oxygens (including phenoxy) is 1. The summed E-state index contributed by atoms with van der Waals surface area (Å²) >= 11 is 0. The largest absolute Gasteiger partial charge is 0.478 e. The van der Waals surface area contributed by atoms with Crippen LogP contribution in [0.15, 0.2) is 12.4 Å². The highest BCUT2D eigenvalue weighted by atomic mass is 16.5. The minimum absolute atomic E-state index is 0.623. The van der Waals surface area contributed by atoms with Gasteiger partial charge in [0.2, 0.25) is 5.88 Å². The van der Waals surface area contributed by atoms with Gasteiger partial charge in [0.15, 0.2) is 0 Å². The Morgan fingerprint density at radius 3 is 2.56 bits per heavy atom. The van der Waals surface area contributed by atoms with Gasteiger partial charge in [0, 0.05) is 26.2 Å². The number of nitrogens with zero attached hydrogens (tertiary/aromatic N) is 4. The maximum Gasteiger partial charge on any atom is 0.218 e. The molecule has 0 bridgehead atoms. The molecule has 0 unspecified atom stereocenters. The average molecular weight is 224 g/mol. The summed E-state index contributed by atoms with van der Waals surface area (Å²) in [7, 11) is 6.13. The third-order valence-electron chi connectivity index (χ3n) is 2.19. The normalized spacial score (nSPS) is 10.6. The van der Waals surface area contributed by atoms with Gasteiger partial charge in [0.1, 0.15) is 12.1 Å². The second kappa shape index (κ2) is 6.27. The highest BCUT2D eigenvalue weighted by molar-refractivity contribution is 5.39. The van der Waals surface area contributed by atoms with Crippen molar-refractivity contribution >= 4 is 5.82 Å². The van der Waals surface area contributed by atoms with Crippen LogP contribution in [0, 0.1) is 0 Å². The first-order valence-electron chi connectivity index (χ1n) is 5.44. The van der Waals surface area contributed by atoms with Crippen LogP contribution in [0.5, 0.6) is 5.88 Å². The van der Waals surface area contributed by atoms with Crippen LogP contribution >= 0.6 is 0 Å². The lowest BCUT2D eigenvalue weighted by Gasteiger charge is -2.20. The van der Waals surface area contributed by atoms with Gasteiger partial charge in [-0.25, -0.2) is 9.97 Å². The predicted octanol–water partition coefficient (Wildman–Crippen LogP) is 0.873. The predicted molar refractivity (Wildman–Crippen MR) is 65.0 cm³/mol. The fraction of sp³-hybridized carbons (Fsp3) is 0.636. The minimum atomic E-state index is 0.623. The fourth-order valence-electron chi connectivity index (χ4n) is 1.23. The lowest BCUT2D eigenvalue weighted by atomic mass is 10.4. The molecule has 5 heteroatoms. The molecule has 0 radical (unpaired) electrons. The van der Waals surface area contributed by atoms with Crippen LogP contribution in [0.4, 0.5) is 5.82 Å². The van der Waals surface area contributed by atoms with E-state index >= 15 is 0 Å². The average Bonchev–Trinajstić information content (AvgIpc) is 2.26. The molecule has 1 rings (SSSR count). The molecule has 0 saturated carbocycles. The summed E-state index contributed by atoms with van der Waals surface area (Å²) in [5.74, 6) is 1.52. The first-order chi connectivity index (χ1) is 7.63.